The standard InChI is InChI=1S/C23H18N2O5/c1-2-30-23(29)15-9-11-16(12-10-15)24-19(26)13-25-21(27)17-7-3-5-14-6-4-8-18(20(14)17)22(25)28/h3-12H,2,13H2,1H3,(H,24,26). The highest BCUT2D eigenvalue weighted by Crippen LogP contribution is 2.29. The number of nitrogens with one attached hydrogen (secondary N) is 1. The van der Waals surface area contributed by atoms with Gasteiger partial charge in [0, 0.05) is 22.2 Å². The normalized spacial score (nSPS) is 12.8. The topological polar surface area (TPSA) is 92.8 Å². The van der Waals surface area contributed by atoms with Crippen molar-refractivity contribution in [3.63, 3.8) is 0 Å². The number of rotatable bonds is 5. The van der Waals surface area contributed by atoms with Crippen molar-refractivity contribution < 1.29 is 23.9 Å². The SMILES string of the molecule is CCOC(=O)c1ccc(NC(=O)CN2C(=O)c3cccc4cccc(c34)C2=O)cc1. The summed E-state index contributed by atoms with van der Waals surface area (Å²) in [5.41, 5.74) is 1.59. The number of anilines is 1. The first-order chi connectivity index (χ1) is 14.5. The number of imide groups is 1. The zero-order valence-corrected chi connectivity index (χ0v) is 16.2. The fourth-order valence-corrected chi connectivity index (χ4v) is 3.47. The molecule has 1 aliphatic rings. The lowest BCUT2D eigenvalue weighted by atomic mass is 9.94. The molecule has 1 N–H and O–H groups in total. The Morgan fingerprint density at radius 1 is 0.900 bits per heavy atom. The summed E-state index contributed by atoms with van der Waals surface area (Å²) in [4.78, 5) is 50.9. The maximum absolute atomic E-state index is 12.9. The van der Waals surface area contributed by atoms with Gasteiger partial charge in [-0.3, -0.25) is 19.3 Å². The minimum absolute atomic E-state index is 0.270. The number of esters is 1. The summed E-state index contributed by atoms with van der Waals surface area (Å²) in [6, 6.07) is 16.6. The molecule has 0 spiro atoms. The smallest absolute Gasteiger partial charge is 0.338 e. The van der Waals surface area contributed by atoms with Crippen molar-refractivity contribution in [2.75, 3.05) is 18.5 Å². The molecular weight excluding hydrogens is 384 g/mol. The molecule has 0 aromatic heterocycles. The van der Waals surface area contributed by atoms with Gasteiger partial charge in [0.1, 0.15) is 6.54 Å². The van der Waals surface area contributed by atoms with Gasteiger partial charge in [0.15, 0.2) is 0 Å². The summed E-state index contributed by atoms with van der Waals surface area (Å²) in [5.74, 6) is -1.98. The molecule has 0 radical (unpaired) electrons. The van der Waals surface area contributed by atoms with E-state index in [0.717, 1.165) is 10.3 Å². The van der Waals surface area contributed by atoms with E-state index < -0.39 is 30.2 Å². The van der Waals surface area contributed by atoms with Crippen molar-refractivity contribution in [1.29, 1.82) is 0 Å². The highest BCUT2D eigenvalue weighted by atomic mass is 16.5. The molecule has 0 atom stereocenters. The van der Waals surface area contributed by atoms with Gasteiger partial charge in [-0.05, 0) is 48.7 Å². The Hall–Kier alpha value is -4.00. The van der Waals surface area contributed by atoms with Gasteiger partial charge in [0.2, 0.25) is 5.91 Å². The van der Waals surface area contributed by atoms with Gasteiger partial charge in [-0.15, -0.1) is 0 Å². The highest BCUT2D eigenvalue weighted by molar-refractivity contribution is 6.26. The molecule has 0 fully saturated rings. The molecule has 4 rings (SSSR count). The second-order valence-corrected chi connectivity index (χ2v) is 6.75. The fraction of sp³-hybridized carbons (Fsp3) is 0.130. The van der Waals surface area contributed by atoms with Gasteiger partial charge in [0.25, 0.3) is 11.8 Å². The van der Waals surface area contributed by atoms with Crippen molar-refractivity contribution in [3.05, 3.63) is 77.4 Å². The highest BCUT2D eigenvalue weighted by Gasteiger charge is 2.33. The Bertz CT molecular complexity index is 1130. The summed E-state index contributed by atoms with van der Waals surface area (Å²) in [6.45, 7) is 1.57. The molecular formula is C23H18N2O5. The van der Waals surface area contributed by atoms with Crippen LogP contribution in [0.2, 0.25) is 0 Å². The lowest BCUT2D eigenvalue weighted by Gasteiger charge is -2.26. The van der Waals surface area contributed by atoms with E-state index in [1.165, 1.54) is 12.1 Å². The number of hydrogen-bond acceptors (Lipinski definition) is 5. The number of hydrogen-bond donors (Lipinski definition) is 1. The van der Waals surface area contributed by atoms with Crippen LogP contribution in [0.1, 0.15) is 38.0 Å². The number of carbonyl (C=O) groups is 4. The molecule has 0 bridgehead atoms. The first-order valence-corrected chi connectivity index (χ1v) is 9.44. The lowest BCUT2D eigenvalue weighted by molar-refractivity contribution is -0.116. The van der Waals surface area contributed by atoms with E-state index in [9.17, 15) is 19.2 Å². The quantitative estimate of drug-likeness (QED) is 0.522. The number of carbonyl (C=O) groups excluding carboxylic acids is 4. The Morgan fingerprint density at radius 2 is 1.50 bits per heavy atom. The fourth-order valence-electron chi connectivity index (χ4n) is 3.47. The molecule has 0 saturated heterocycles. The Kier molecular flexibility index (Phi) is 5.02. The van der Waals surface area contributed by atoms with Gasteiger partial charge < -0.3 is 10.1 Å². The molecule has 0 saturated carbocycles. The van der Waals surface area contributed by atoms with Gasteiger partial charge in [0.05, 0.1) is 12.2 Å². The molecule has 0 unspecified atom stereocenters. The van der Waals surface area contributed by atoms with Crippen molar-refractivity contribution in [1.82, 2.24) is 4.90 Å². The molecule has 1 heterocycles. The van der Waals surface area contributed by atoms with Crippen LogP contribution in [0.15, 0.2) is 60.7 Å². The number of nitrogens with zero attached hydrogens (tertiary/aromatic N) is 1. The van der Waals surface area contributed by atoms with Crippen LogP contribution in [0.5, 0.6) is 0 Å². The third kappa shape index (κ3) is 3.41. The average molecular weight is 402 g/mol. The zero-order valence-electron chi connectivity index (χ0n) is 16.2. The van der Waals surface area contributed by atoms with Crippen LogP contribution in [0, 0.1) is 0 Å². The van der Waals surface area contributed by atoms with E-state index in [0.29, 0.717) is 27.8 Å². The van der Waals surface area contributed by atoms with Crippen molar-refractivity contribution in [3.8, 4) is 0 Å². The lowest BCUT2D eigenvalue weighted by Crippen LogP contribution is -2.44. The van der Waals surface area contributed by atoms with E-state index in [1.807, 2.05) is 12.1 Å². The largest absolute Gasteiger partial charge is 0.462 e. The van der Waals surface area contributed by atoms with Crippen LogP contribution < -0.4 is 5.32 Å². The first-order valence-electron chi connectivity index (χ1n) is 9.44. The van der Waals surface area contributed by atoms with Crippen molar-refractivity contribution >= 4 is 40.2 Å². The summed E-state index contributed by atoms with van der Waals surface area (Å²) >= 11 is 0. The van der Waals surface area contributed by atoms with Gasteiger partial charge in [-0.25, -0.2) is 4.79 Å². The van der Waals surface area contributed by atoms with E-state index in [2.05, 4.69) is 5.32 Å². The second-order valence-electron chi connectivity index (χ2n) is 6.75. The van der Waals surface area contributed by atoms with E-state index in [1.54, 1.807) is 43.3 Å². The van der Waals surface area contributed by atoms with Gasteiger partial charge in [-0.1, -0.05) is 24.3 Å². The van der Waals surface area contributed by atoms with Crippen LogP contribution in [0.4, 0.5) is 5.69 Å². The molecule has 1 aliphatic heterocycles. The molecule has 7 heteroatoms. The molecule has 3 aromatic carbocycles. The Morgan fingerprint density at radius 3 is 2.07 bits per heavy atom. The minimum atomic E-state index is -0.521. The number of amides is 3. The van der Waals surface area contributed by atoms with E-state index >= 15 is 0 Å². The maximum Gasteiger partial charge on any atom is 0.338 e. The molecule has 150 valence electrons. The maximum atomic E-state index is 12.9. The summed E-state index contributed by atoms with van der Waals surface area (Å²) in [7, 11) is 0. The van der Waals surface area contributed by atoms with E-state index in [4.69, 9.17) is 4.74 Å². The van der Waals surface area contributed by atoms with Crippen LogP contribution in [-0.2, 0) is 9.53 Å². The molecule has 7 nitrogen and oxygen atoms in total. The predicted molar refractivity (Wildman–Crippen MR) is 110 cm³/mol. The van der Waals surface area contributed by atoms with Crippen LogP contribution in [-0.4, -0.2) is 41.7 Å². The van der Waals surface area contributed by atoms with Gasteiger partial charge >= 0.3 is 5.97 Å². The summed E-state index contributed by atoms with van der Waals surface area (Å²) in [5, 5.41) is 4.06. The summed E-state index contributed by atoms with van der Waals surface area (Å²) in [6.07, 6.45) is 0. The van der Waals surface area contributed by atoms with Gasteiger partial charge in [-0.2, -0.15) is 0 Å². The van der Waals surface area contributed by atoms with Crippen molar-refractivity contribution in [2.45, 2.75) is 6.92 Å². The second kappa shape index (κ2) is 7.79. The molecule has 30 heavy (non-hydrogen) atoms. The Labute approximate surface area is 172 Å². The third-order valence-electron chi connectivity index (χ3n) is 4.84. The van der Waals surface area contributed by atoms with Crippen molar-refractivity contribution in [2.24, 2.45) is 0 Å². The van der Waals surface area contributed by atoms with E-state index in [-0.39, 0.29) is 6.61 Å². The minimum Gasteiger partial charge on any atom is -0.462 e. The van der Waals surface area contributed by atoms with Crippen LogP contribution in [0.3, 0.4) is 0 Å². The number of ether oxygens (including phenoxy) is 1. The molecule has 3 aromatic rings. The first kappa shape index (κ1) is 19.3. The van der Waals surface area contributed by atoms with Crippen LogP contribution in [0.25, 0.3) is 10.8 Å². The summed E-state index contributed by atoms with van der Waals surface area (Å²) < 4.78 is 4.92. The third-order valence-corrected chi connectivity index (χ3v) is 4.84. The molecule has 0 aliphatic carbocycles. The Balaban J connectivity index is 1.51. The average Bonchev–Trinajstić information content (AvgIpc) is 2.75. The number of benzene rings is 3. The zero-order chi connectivity index (χ0) is 21.3. The predicted octanol–water partition coefficient (Wildman–Crippen LogP) is 3.25. The monoisotopic (exact) mass is 402 g/mol. The van der Waals surface area contributed by atoms with Crippen LogP contribution >= 0.6 is 0 Å². The molecule has 3 amide bonds.